The summed E-state index contributed by atoms with van der Waals surface area (Å²) in [6.45, 7) is 0. The third kappa shape index (κ3) is 5.53. The molecule has 0 bridgehead atoms. The summed E-state index contributed by atoms with van der Waals surface area (Å²) in [5.41, 5.74) is 0. The molecule has 0 saturated heterocycles. The van der Waals surface area contributed by atoms with Gasteiger partial charge in [0.1, 0.15) is 0 Å². The van der Waals surface area contributed by atoms with Crippen LogP contribution in [-0.2, 0) is 0 Å². The zero-order valence-electron chi connectivity index (χ0n) is 3.57. The van der Waals surface area contributed by atoms with Gasteiger partial charge in [0.05, 0.1) is 6.33 Å². The summed E-state index contributed by atoms with van der Waals surface area (Å²) in [4.78, 5) is 0. The average Bonchev–Trinajstić information content (AvgIpc) is 1.61. The molecule has 0 atom stereocenters. The number of alkyl halides is 2. The zero-order valence-corrected chi connectivity index (χ0v) is 3.57. The van der Waals surface area contributed by atoms with E-state index < -0.39 is 12.8 Å². The van der Waals surface area contributed by atoms with Gasteiger partial charge in [-0.1, -0.05) is 6.08 Å². The Morgan fingerprint density at radius 2 is 2.00 bits per heavy atom. The van der Waals surface area contributed by atoms with E-state index in [2.05, 4.69) is 0 Å². The maximum atomic E-state index is 11.0. The summed E-state index contributed by atoms with van der Waals surface area (Å²) < 4.78 is 32.8. The summed E-state index contributed by atoms with van der Waals surface area (Å²) >= 11 is 0. The largest absolute Gasteiger partial charge is 0.242 e. The van der Waals surface area contributed by atoms with Gasteiger partial charge in [-0.2, -0.15) is 0 Å². The second-order valence-electron chi connectivity index (χ2n) is 0.988. The minimum Gasteiger partial charge on any atom is -0.216 e. The Hall–Kier alpha value is -0.470. The molecule has 42 valence electrons. The van der Waals surface area contributed by atoms with Crippen molar-refractivity contribution in [3.8, 4) is 0 Å². The Labute approximate surface area is 39.6 Å². The molecule has 0 fully saturated rings. The molecule has 0 unspecified atom stereocenters. The van der Waals surface area contributed by atoms with Crippen LogP contribution in [0.4, 0.5) is 13.2 Å². The fraction of sp³-hybridized carbons (Fsp3) is 0.500. The Morgan fingerprint density at radius 3 is 2.14 bits per heavy atom. The van der Waals surface area contributed by atoms with Crippen molar-refractivity contribution in [1.82, 2.24) is 0 Å². The minimum absolute atomic E-state index is 0.117. The van der Waals surface area contributed by atoms with Gasteiger partial charge in [-0.15, -0.1) is 0 Å². The van der Waals surface area contributed by atoms with Crippen molar-refractivity contribution in [3.63, 3.8) is 0 Å². The molecule has 0 aliphatic carbocycles. The van der Waals surface area contributed by atoms with Gasteiger partial charge in [-0.05, 0) is 0 Å². The van der Waals surface area contributed by atoms with Crippen LogP contribution in [0, 0.1) is 0 Å². The van der Waals surface area contributed by atoms with E-state index in [1.165, 1.54) is 0 Å². The highest BCUT2D eigenvalue weighted by atomic mass is 19.3. The number of halogens is 3. The van der Waals surface area contributed by atoms with E-state index >= 15 is 0 Å². The first-order chi connectivity index (χ1) is 3.27. The molecule has 0 aromatic heterocycles. The molecule has 0 aromatic rings. The molecule has 0 nitrogen and oxygen atoms in total. The lowest BCUT2D eigenvalue weighted by Crippen LogP contribution is -1.83. The van der Waals surface area contributed by atoms with Crippen LogP contribution >= 0.6 is 0 Å². The molecule has 0 heterocycles. The van der Waals surface area contributed by atoms with Crippen molar-refractivity contribution in [3.05, 3.63) is 12.4 Å². The highest BCUT2D eigenvalue weighted by Gasteiger charge is 1.94. The Bertz CT molecular complexity index is 58.0. The van der Waals surface area contributed by atoms with Crippen LogP contribution < -0.4 is 0 Å². The van der Waals surface area contributed by atoms with Gasteiger partial charge in [0.2, 0.25) is 6.43 Å². The minimum atomic E-state index is -2.42. The molecule has 0 amide bonds. The van der Waals surface area contributed by atoms with Crippen LogP contribution in [-0.4, -0.2) is 6.43 Å². The Kier molecular flexibility index (Phi) is 3.46. The van der Waals surface area contributed by atoms with E-state index in [9.17, 15) is 13.2 Å². The molecule has 0 aliphatic rings. The third-order valence-corrected chi connectivity index (χ3v) is 0.403. The van der Waals surface area contributed by atoms with E-state index in [0.29, 0.717) is 0 Å². The number of hydrogen-bond acceptors (Lipinski definition) is 0. The van der Waals surface area contributed by atoms with Gasteiger partial charge in [0, 0.05) is 6.42 Å². The first-order valence-corrected chi connectivity index (χ1v) is 1.80. The van der Waals surface area contributed by atoms with Gasteiger partial charge in [0.25, 0.3) is 0 Å². The highest BCUT2D eigenvalue weighted by Crippen LogP contribution is 1.98. The molecule has 3 heteroatoms. The van der Waals surface area contributed by atoms with Gasteiger partial charge in [-0.3, -0.25) is 0 Å². The smallest absolute Gasteiger partial charge is 0.216 e. The lowest BCUT2D eigenvalue weighted by Gasteiger charge is -1.84. The fourth-order valence-electron chi connectivity index (χ4n) is 0.154. The van der Waals surface area contributed by atoms with Crippen molar-refractivity contribution < 1.29 is 13.2 Å². The molecule has 0 saturated carbocycles. The third-order valence-electron chi connectivity index (χ3n) is 0.403. The maximum Gasteiger partial charge on any atom is 0.242 e. The number of hydrogen-bond donors (Lipinski definition) is 0. The molecular weight excluding hydrogens is 105 g/mol. The van der Waals surface area contributed by atoms with Crippen molar-refractivity contribution in [2.45, 2.75) is 12.8 Å². The van der Waals surface area contributed by atoms with Gasteiger partial charge >= 0.3 is 0 Å². The van der Waals surface area contributed by atoms with E-state index in [0.717, 1.165) is 6.08 Å². The monoisotopic (exact) mass is 110 g/mol. The summed E-state index contributed by atoms with van der Waals surface area (Å²) in [7, 11) is 0. The van der Waals surface area contributed by atoms with Crippen molar-refractivity contribution in [2.24, 2.45) is 0 Å². The highest BCUT2D eigenvalue weighted by molar-refractivity contribution is 4.72. The normalized spacial score (nSPS) is 11.4. The van der Waals surface area contributed by atoms with E-state index in [1.54, 1.807) is 0 Å². The molecular formula is C4H5F3. The molecule has 0 N–H and O–H groups in total. The van der Waals surface area contributed by atoms with Crippen LogP contribution in [0.1, 0.15) is 6.42 Å². The van der Waals surface area contributed by atoms with Gasteiger partial charge in [0.15, 0.2) is 0 Å². The summed E-state index contributed by atoms with van der Waals surface area (Å²) in [5, 5.41) is 0. The maximum absolute atomic E-state index is 11.0. The molecule has 0 radical (unpaired) electrons. The lowest BCUT2D eigenvalue weighted by atomic mass is 10.4. The molecule has 0 spiro atoms. The predicted molar refractivity (Wildman–Crippen MR) is 20.9 cm³/mol. The molecule has 0 rings (SSSR count). The SMILES string of the molecule is FC=CCC(F)F. The van der Waals surface area contributed by atoms with Crippen molar-refractivity contribution in [2.75, 3.05) is 0 Å². The van der Waals surface area contributed by atoms with Crippen LogP contribution in [0.25, 0.3) is 0 Å². The van der Waals surface area contributed by atoms with Crippen LogP contribution in [0.15, 0.2) is 12.4 Å². The summed E-state index contributed by atoms with van der Waals surface area (Å²) in [6, 6.07) is 0. The number of allylic oxidation sites excluding steroid dienone is 1. The lowest BCUT2D eigenvalue weighted by molar-refractivity contribution is 0.152. The van der Waals surface area contributed by atoms with E-state index in [1.807, 2.05) is 0 Å². The molecule has 0 aromatic carbocycles. The van der Waals surface area contributed by atoms with Gasteiger partial charge in [-0.25, -0.2) is 13.2 Å². The first-order valence-electron chi connectivity index (χ1n) is 1.80. The van der Waals surface area contributed by atoms with Crippen molar-refractivity contribution in [1.29, 1.82) is 0 Å². The van der Waals surface area contributed by atoms with Gasteiger partial charge < -0.3 is 0 Å². The van der Waals surface area contributed by atoms with Crippen LogP contribution in [0.2, 0.25) is 0 Å². The first kappa shape index (κ1) is 6.53. The zero-order chi connectivity index (χ0) is 5.70. The molecule has 0 aliphatic heterocycles. The van der Waals surface area contributed by atoms with Crippen LogP contribution in [0.3, 0.4) is 0 Å². The standard InChI is InChI=1S/C4H5F3/c5-3-1-2-4(6)7/h1,3-4H,2H2. The fourth-order valence-corrected chi connectivity index (χ4v) is 0.154. The van der Waals surface area contributed by atoms with Crippen molar-refractivity contribution >= 4 is 0 Å². The van der Waals surface area contributed by atoms with Crippen LogP contribution in [0.5, 0.6) is 0 Å². The predicted octanol–water partition coefficient (Wildman–Crippen LogP) is 2.12. The molecule has 7 heavy (non-hydrogen) atoms. The topological polar surface area (TPSA) is 0 Å². The second kappa shape index (κ2) is 3.71. The van der Waals surface area contributed by atoms with E-state index in [4.69, 9.17) is 0 Å². The number of rotatable bonds is 2. The summed E-state index contributed by atoms with van der Waals surface area (Å²) in [6.07, 6.45) is -2.01. The Balaban J connectivity index is 2.97. The summed E-state index contributed by atoms with van der Waals surface area (Å²) in [5.74, 6) is 0. The quantitative estimate of drug-likeness (QED) is 0.510. The average molecular weight is 110 g/mol. The second-order valence-corrected chi connectivity index (χ2v) is 0.988. The van der Waals surface area contributed by atoms with E-state index in [-0.39, 0.29) is 6.33 Å². The Morgan fingerprint density at radius 1 is 1.43 bits per heavy atom.